The van der Waals surface area contributed by atoms with Crippen molar-refractivity contribution in [2.24, 2.45) is 0 Å². The Hall–Kier alpha value is -1.08. The first-order valence-corrected chi connectivity index (χ1v) is 6.90. The van der Waals surface area contributed by atoms with Crippen LogP contribution < -0.4 is 5.32 Å². The van der Waals surface area contributed by atoms with Gasteiger partial charge in [0.05, 0.1) is 6.54 Å². The molecule has 0 spiro atoms. The van der Waals surface area contributed by atoms with Crippen molar-refractivity contribution in [3.05, 3.63) is 47.0 Å². The minimum Gasteiger partial charge on any atom is -0.342 e. The molecule has 17 heavy (non-hydrogen) atoms. The molecule has 0 bridgehead atoms. The lowest BCUT2D eigenvalue weighted by atomic mass is 9.97. The Labute approximate surface area is 105 Å². The molecule has 1 aromatic rings. The molecule has 0 amide bonds. The third-order valence-electron chi connectivity index (χ3n) is 3.68. The van der Waals surface area contributed by atoms with Gasteiger partial charge in [0.15, 0.2) is 0 Å². The van der Waals surface area contributed by atoms with E-state index in [4.69, 9.17) is 0 Å². The van der Waals surface area contributed by atoms with Crippen LogP contribution in [-0.2, 0) is 6.54 Å². The molecule has 1 heteroatoms. The van der Waals surface area contributed by atoms with E-state index in [1.165, 1.54) is 49.8 Å². The van der Waals surface area contributed by atoms with Crippen LogP contribution in [0.4, 0.5) is 0 Å². The van der Waals surface area contributed by atoms with Gasteiger partial charge in [-0.15, -0.1) is 0 Å². The molecule has 1 aliphatic rings. The second-order valence-electron chi connectivity index (χ2n) is 5.07. The van der Waals surface area contributed by atoms with Gasteiger partial charge < -0.3 is 5.32 Å². The summed E-state index contributed by atoms with van der Waals surface area (Å²) in [6.45, 7) is 4.56. The predicted octanol–water partition coefficient (Wildman–Crippen LogP) is 2.95. The molecule has 2 rings (SSSR count). The molecular weight excluding hydrogens is 206 g/mol. The number of rotatable bonds is 5. The highest BCUT2D eigenvalue weighted by Crippen LogP contribution is 2.18. The van der Waals surface area contributed by atoms with Gasteiger partial charge >= 0.3 is 0 Å². The highest BCUT2D eigenvalue weighted by molar-refractivity contribution is 5.24. The zero-order chi connectivity index (χ0) is 11.9. The van der Waals surface area contributed by atoms with Crippen LogP contribution in [0.25, 0.3) is 0 Å². The molecule has 1 aliphatic carbocycles. The highest BCUT2D eigenvalue weighted by Gasteiger charge is 2.04. The quantitative estimate of drug-likeness (QED) is 0.591. The van der Waals surface area contributed by atoms with Crippen molar-refractivity contribution in [1.82, 2.24) is 0 Å². The van der Waals surface area contributed by atoms with Crippen molar-refractivity contribution in [3.63, 3.8) is 0 Å². The summed E-state index contributed by atoms with van der Waals surface area (Å²) in [5.41, 5.74) is 4.59. The number of hydrogen-bond acceptors (Lipinski definition) is 0. The first kappa shape index (κ1) is 12.4. The molecule has 92 valence electrons. The number of benzene rings is 1. The lowest BCUT2D eigenvalue weighted by Gasteiger charge is -2.12. The second kappa shape index (κ2) is 6.61. The second-order valence-corrected chi connectivity index (χ2v) is 5.07. The number of allylic oxidation sites excluding steroid dienone is 1. The third kappa shape index (κ3) is 4.01. The summed E-state index contributed by atoms with van der Waals surface area (Å²) >= 11 is 0. The topological polar surface area (TPSA) is 16.6 Å². The molecule has 0 heterocycles. The van der Waals surface area contributed by atoms with Crippen molar-refractivity contribution in [1.29, 1.82) is 0 Å². The molecule has 2 N–H and O–H groups in total. The number of aryl methyl sites for hydroxylation is 1. The van der Waals surface area contributed by atoms with Crippen molar-refractivity contribution >= 4 is 0 Å². The summed E-state index contributed by atoms with van der Waals surface area (Å²) in [4.78, 5) is 0. The first-order valence-electron chi connectivity index (χ1n) is 6.90. The SMILES string of the molecule is Cc1ccccc1C[NH2+]CCC1=CCCCC1. The van der Waals surface area contributed by atoms with E-state index in [0.717, 1.165) is 6.54 Å². The monoisotopic (exact) mass is 230 g/mol. The van der Waals surface area contributed by atoms with Crippen LogP contribution in [0.1, 0.15) is 43.2 Å². The van der Waals surface area contributed by atoms with E-state index >= 15 is 0 Å². The zero-order valence-corrected chi connectivity index (χ0v) is 10.9. The van der Waals surface area contributed by atoms with Crippen LogP contribution in [0, 0.1) is 6.92 Å². The molecule has 0 saturated heterocycles. The van der Waals surface area contributed by atoms with E-state index in [1.54, 1.807) is 5.57 Å². The van der Waals surface area contributed by atoms with Crippen molar-refractivity contribution in [3.8, 4) is 0 Å². The summed E-state index contributed by atoms with van der Waals surface area (Å²) in [6, 6.07) is 8.70. The Morgan fingerprint density at radius 2 is 2.06 bits per heavy atom. The van der Waals surface area contributed by atoms with Gasteiger partial charge in [-0.05, 0) is 38.2 Å². The Balaban J connectivity index is 1.69. The first-order chi connectivity index (χ1) is 8.36. The molecule has 0 radical (unpaired) electrons. The largest absolute Gasteiger partial charge is 0.342 e. The van der Waals surface area contributed by atoms with Gasteiger partial charge in [0, 0.05) is 12.0 Å². The van der Waals surface area contributed by atoms with Gasteiger partial charge in [-0.2, -0.15) is 0 Å². The molecule has 0 aliphatic heterocycles. The summed E-state index contributed by atoms with van der Waals surface area (Å²) in [6.07, 6.45) is 9.21. The van der Waals surface area contributed by atoms with E-state index in [9.17, 15) is 0 Å². The van der Waals surface area contributed by atoms with Crippen molar-refractivity contribution in [2.75, 3.05) is 6.54 Å². The average molecular weight is 230 g/mol. The predicted molar refractivity (Wildman–Crippen MR) is 72.8 cm³/mol. The average Bonchev–Trinajstić information content (AvgIpc) is 2.38. The summed E-state index contributed by atoms with van der Waals surface area (Å²) in [5.74, 6) is 0. The maximum atomic E-state index is 2.46. The van der Waals surface area contributed by atoms with Crippen LogP contribution in [0.2, 0.25) is 0 Å². The van der Waals surface area contributed by atoms with Gasteiger partial charge in [-0.3, -0.25) is 0 Å². The van der Waals surface area contributed by atoms with E-state index in [0.29, 0.717) is 0 Å². The summed E-state index contributed by atoms with van der Waals surface area (Å²) in [7, 11) is 0. The molecule has 1 aromatic carbocycles. The summed E-state index contributed by atoms with van der Waals surface area (Å²) < 4.78 is 0. The van der Waals surface area contributed by atoms with Crippen molar-refractivity contribution in [2.45, 2.75) is 45.6 Å². The van der Waals surface area contributed by atoms with Crippen LogP contribution >= 0.6 is 0 Å². The smallest absolute Gasteiger partial charge is 0.101 e. The van der Waals surface area contributed by atoms with Gasteiger partial charge in [0.2, 0.25) is 0 Å². The molecular formula is C16H24N+. The fraction of sp³-hybridized carbons (Fsp3) is 0.500. The van der Waals surface area contributed by atoms with Gasteiger partial charge in [0.1, 0.15) is 6.54 Å². The fourth-order valence-electron chi connectivity index (χ4n) is 2.52. The normalized spacial score (nSPS) is 15.7. The fourth-order valence-corrected chi connectivity index (χ4v) is 2.52. The maximum absolute atomic E-state index is 2.46. The number of quaternary nitrogens is 1. The Bertz CT molecular complexity index is 379. The summed E-state index contributed by atoms with van der Waals surface area (Å²) in [5, 5.41) is 2.44. The Kier molecular flexibility index (Phi) is 4.81. The molecule has 0 saturated carbocycles. The Morgan fingerprint density at radius 1 is 1.18 bits per heavy atom. The van der Waals surface area contributed by atoms with Gasteiger partial charge in [0.25, 0.3) is 0 Å². The molecule has 0 atom stereocenters. The van der Waals surface area contributed by atoms with Gasteiger partial charge in [-0.25, -0.2) is 0 Å². The molecule has 1 nitrogen and oxygen atoms in total. The van der Waals surface area contributed by atoms with Crippen LogP contribution in [0.15, 0.2) is 35.9 Å². The van der Waals surface area contributed by atoms with E-state index in [2.05, 4.69) is 42.6 Å². The standard InChI is InChI=1S/C16H23N/c1-14-7-5-6-10-16(14)13-17-12-11-15-8-3-2-4-9-15/h5-8,10,17H,2-4,9,11-13H2,1H3/p+1. The van der Waals surface area contributed by atoms with Crippen LogP contribution in [0.3, 0.4) is 0 Å². The Morgan fingerprint density at radius 3 is 2.82 bits per heavy atom. The van der Waals surface area contributed by atoms with Crippen LogP contribution in [0.5, 0.6) is 0 Å². The van der Waals surface area contributed by atoms with Crippen molar-refractivity contribution < 1.29 is 5.32 Å². The maximum Gasteiger partial charge on any atom is 0.101 e. The lowest BCUT2D eigenvalue weighted by Crippen LogP contribution is -2.82. The molecule has 0 fully saturated rings. The van der Waals surface area contributed by atoms with Crippen LogP contribution in [-0.4, -0.2) is 6.54 Å². The molecule has 0 unspecified atom stereocenters. The third-order valence-corrected chi connectivity index (χ3v) is 3.68. The minimum absolute atomic E-state index is 1.12. The molecule has 0 aromatic heterocycles. The number of hydrogen-bond donors (Lipinski definition) is 1. The zero-order valence-electron chi connectivity index (χ0n) is 10.9. The van der Waals surface area contributed by atoms with E-state index in [1.807, 2.05) is 0 Å². The van der Waals surface area contributed by atoms with Gasteiger partial charge in [-0.1, -0.05) is 35.9 Å². The number of nitrogens with two attached hydrogens (primary N) is 1. The lowest BCUT2D eigenvalue weighted by molar-refractivity contribution is -0.670. The van der Waals surface area contributed by atoms with E-state index in [-0.39, 0.29) is 0 Å². The highest BCUT2D eigenvalue weighted by atomic mass is 14.8. The minimum atomic E-state index is 1.12. The van der Waals surface area contributed by atoms with E-state index < -0.39 is 0 Å².